The maximum Gasteiger partial charge on any atom is 0.262 e. The van der Waals surface area contributed by atoms with Crippen molar-refractivity contribution in [2.24, 2.45) is 13.0 Å². The van der Waals surface area contributed by atoms with Crippen molar-refractivity contribution in [1.82, 2.24) is 20.1 Å². The van der Waals surface area contributed by atoms with Gasteiger partial charge in [0.2, 0.25) is 11.8 Å². The van der Waals surface area contributed by atoms with Gasteiger partial charge in [-0.1, -0.05) is 25.7 Å². The molecule has 0 unspecified atom stereocenters. The number of hydrogen-bond acceptors (Lipinski definition) is 7. The molecule has 5 rings (SSSR count). The summed E-state index contributed by atoms with van der Waals surface area (Å²) in [7, 11) is 1.80. The first-order valence-electron chi connectivity index (χ1n) is 12.2. The Bertz CT molecular complexity index is 1240. The number of carbonyl (C=O) groups is 2. The molecule has 1 fully saturated rings. The Labute approximate surface area is 222 Å². The van der Waals surface area contributed by atoms with Crippen molar-refractivity contribution >= 4 is 50.5 Å². The maximum atomic E-state index is 13.2. The van der Waals surface area contributed by atoms with Crippen molar-refractivity contribution in [2.75, 3.05) is 23.4 Å². The summed E-state index contributed by atoms with van der Waals surface area (Å²) in [4.78, 5) is 34.5. The molecule has 4 heterocycles. The molecule has 0 radical (unpaired) electrons. The summed E-state index contributed by atoms with van der Waals surface area (Å²) >= 11 is 4.93. The lowest BCUT2D eigenvalue weighted by molar-refractivity contribution is -0.118. The van der Waals surface area contributed by atoms with Crippen LogP contribution < -0.4 is 20.3 Å². The number of fused-ring (bicyclic) bond motifs is 1. The van der Waals surface area contributed by atoms with Gasteiger partial charge < -0.3 is 20.3 Å². The number of aryl methyl sites for hydroxylation is 1. The second kappa shape index (κ2) is 11.0. The van der Waals surface area contributed by atoms with E-state index in [1.165, 1.54) is 24.2 Å². The van der Waals surface area contributed by atoms with E-state index in [1.807, 2.05) is 18.2 Å². The van der Waals surface area contributed by atoms with E-state index < -0.39 is 6.04 Å². The van der Waals surface area contributed by atoms with Gasteiger partial charge in [-0.25, -0.2) is 4.98 Å². The Hall–Kier alpha value is -2.92. The molecule has 11 heteroatoms. The molecular weight excluding hydrogens is 544 g/mol. The van der Waals surface area contributed by atoms with Gasteiger partial charge in [0.25, 0.3) is 5.91 Å². The lowest BCUT2D eigenvalue weighted by Gasteiger charge is -2.30. The minimum absolute atomic E-state index is 0.206. The average molecular weight is 574 g/mol. The molecule has 0 saturated heterocycles. The molecule has 0 bridgehead atoms. The molecule has 1 saturated carbocycles. The van der Waals surface area contributed by atoms with E-state index in [4.69, 9.17) is 4.74 Å². The first-order chi connectivity index (χ1) is 17.4. The quantitative estimate of drug-likeness (QED) is 0.416. The van der Waals surface area contributed by atoms with Gasteiger partial charge in [0.1, 0.15) is 18.3 Å². The highest BCUT2D eigenvalue weighted by Crippen LogP contribution is 2.34. The molecule has 3 aromatic rings. The third-order valence-electron chi connectivity index (χ3n) is 6.61. The number of amides is 2. The van der Waals surface area contributed by atoms with Crippen molar-refractivity contribution in [3.05, 3.63) is 51.0 Å². The lowest BCUT2D eigenvalue weighted by atomic mass is 9.97. The molecule has 2 aliphatic rings. The van der Waals surface area contributed by atoms with Gasteiger partial charge in [0.15, 0.2) is 0 Å². The van der Waals surface area contributed by atoms with Gasteiger partial charge in [-0.2, -0.15) is 5.10 Å². The predicted molar refractivity (Wildman–Crippen MR) is 142 cm³/mol. The van der Waals surface area contributed by atoms with Crippen LogP contribution >= 0.6 is 27.3 Å². The minimum Gasteiger partial charge on any atom is -0.474 e. The van der Waals surface area contributed by atoms with E-state index in [-0.39, 0.29) is 11.8 Å². The lowest BCUT2D eigenvalue weighted by Crippen LogP contribution is -2.44. The first-order valence-corrected chi connectivity index (χ1v) is 13.8. The number of halogens is 1. The second-order valence-electron chi connectivity index (χ2n) is 9.32. The number of ether oxygens (including phenoxy) is 1. The zero-order valence-electron chi connectivity index (χ0n) is 20.1. The van der Waals surface area contributed by atoms with E-state index in [0.29, 0.717) is 41.9 Å². The van der Waals surface area contributed by atoms with Gasteiger partial charge in [0.05, 0.1) is 29.9 Å². The molecule has 0 aromatic carbocycles. The molecule has 1 aliphatic carbocycles. The molecule has 0 spiro atoms. The van der Waals surface area contributed by atoms with Crippen molar-refractivity contribution in [2.45, 2.75) is 44.7 Å². The van der Waals surface area contributed by atoms with Crippen molar-refractivity contribution in [3.8, 4) is 5.88 Å². The number of hydrogen-bond donors (Lipinski definition) is 2. The van der Waals surface area contributed by atoms with Crippen molar-refractivity contribution in [1.29, 1.82) is 0 Å². The number of nitrogens with one attached hydrogen (secondary N) is 2. The highest BCUT2D eigenvalue weighted by atomic mass is 79.9. The summed E-state index contributed by atoms with van der Waals surface area (Å²) in [6.07, 6.45) is 10.3. The fourth-order valence-electron chi connectivity index (χ4n) is 4.82. The van der Waals surface area contributed by atoms with Crippen LogP contribution in [0.4, 0.5) is 11.4 Å². The van der Waals surface area contributed by atoms with Gasteiger partial charge in [-0.3, -0.25) is 14.3 Å². The largest absolute Gasteiger partial charge is 0.474 e. The fourth-order valence-corrected chi connectivity index (χ4v) is 6.07. The van der Waals surface area contributed by atoms with Crippen LogP contribution in [0.3, 0.4) is 0 Å². The van der Waals surface area contributed by atoms with Crippen LogP contribution in [0, 0.1) is 5.92 Å². The van der Waals surface area contributed by atoms with E-state index >= 15 is 0 Å². The molecule has 2 N–H and O–H groups in total. The van der Waals surface area contributed by atoms with Crippen LogP contribution in [-0.2, 0) is 18.4 Å². The van der Waals surface area contributed by atoms with Gasteiger partial charge in [-0.15, -0.1) is 11.3 Å². The Morgan fingerprint density at radius 2 is 2.11 bits per heavy atom. The van der Waals surface area contributed by atoms with E-state index in [1.54, 1.807) is 30.3 Å². The molecule has 1 atom stereocenters. The standard InChI is InChI=1S/C25H29BrN6O3S/c1-31-14-18(13-28-31)29-23(33)20(10-16-4-2-3-5-16)30-24(34)22-7-6-19(36-22)15-32-8-9-35-25-21(32)11-17(26)12-27-25/h6-7,11-14,16,20H,2-5,8-10,15H2,1H3,(H,29,33)(H,30,34)/t20-/m0/s1. The number of nitrogens with zero attached hydrogens (tertiary/aromatic N) is 4. The van der Waals surface area contributed by atoms with Crippen LogP contribution in [0.25, 0.3) is 0 Å². The van der Waals surface area contributed by atoms with Crippen LogP contribution in [0.5, 0.6) is 5.88 Å². The zero-order chi connectivity index (χ0) is 25.1. The minimum atomic E-state index is -0.596. The Kier molecular flexibility index (Phi) is 7.56. The summed E-state index contributed by atoms with van der Waals surface area (Å²) in [5, 5.41) is 10.0. The van der Waals surface area contributed by atoms with Gasteiger partial charge in [-0.05, 0) is 46.5 Å². The first kappa shape index (κ1) is 24.8. The monoisotopic (exact) mass is 572 g/mol. The molecule has 1 aliphatic heterocycles. The van der Waals surface area contributed by atoms with E-state index in [0.717, 1.165) is 34.4 Å². The number of pyridine rings is 1. The zero-order valence-corrected chi connectivity index (χ0v) is 22.5. The van der Waals surface area contributed by atoms with Crippen molar-refractivity contribution < 1.29 is 14.3 Å². The Morgan fingerprint density at radius 1 is 1.28 bits per heavy atom. The van der Waals surface area contributed by atoms with Crippen molar-refractivity contribution in [3.63, 3.8) is 0 Å². The topological polar surface area (TPSA) is 101 Å². The van der Waals surface area contributed by atoms with E-state index in [2.05, 4.69) is 41.5 Å². The maximum absolute atomic E-state index is 13.2. The highest BCUT2D eigenvalue weighted by molar-refractivity contribution is 9.10. The second-order valence-corrected chi connectivity index (χ2v) is 11.4. The predicted octanol–water partition coefficient (Wildman–Crippen LogP) is 4.36. The fraction of sp³-hybridized carbons (Fsp3) is 0.440. The molecule has 2 amide bonds. The third kappa shape index (κ3) is 5.89. The van der Waals surface area contributed by atoms with Crippen LogP contribution in [-0.4, -0.2) is 45.8 Å². The smallest absolute Gasteiger partial charge is 0.262 e. The number of carbonyl (C=O) groups excluding carboxylic acids is 2. The summed E-state index contributed by atoms with van der Waals surface area (Å²) < 4.78 is 8.20. The van der Waals surface area contributed by atoms with Crippen LogP contribution in [0.15, 0.2) is 41.3 Å². The Balaban J connectivity index is 1.26. The van der Waals surface area contributed by atoms with Crippen LogP contribution in [0.1, 0.15) is 46.7 Å². The summed E-state index contributed by atoms with van der Waals surface area (Å²) in [6.45, 7) is 1.96. The molecule has 9 nitrogen and oxygen atoms in total. The number of rotatable bonds is 8. The highest BCUT2D eigenvalue weighted by Gasteiger charge is 2.28. The van der Waals surface area contributed by atoms with Gasteiger partial charge >= 0.3 is 0 Å². The summed E-state index contributed by atoms with van der Waals surface area (Å²) in [5.41, 5.74) is 1.55. The Morgan fingerprint density at radius 3 is 2.89 bits per heavy atom. The van der Waals surface area contributed by atoms with Crippen LogP contribution in [0.2, 0.25) is 0 Å². The number of aromatic nitrogens is 3. The summed E-state index contributed by atoms with van der Waals surface area (Å²) in [6, 6.07) is 5.21. The molecular formula is C25H29BrN6O3S. The SMILES string of the molecule is Cn1cc(NC(=O)[C@H](CC2CCCC2)NC(=O)c2ccc(CN3CCOc4ncc(Br)cc43)s2)cn1. The molecule has 3 aromatic heterocycles. The number of anilines is 2. The normalized spacial score (nSPS) is 16.3. The number of thiophene rings is 1. The molecule has 36 heavy (non-hydrogen) atoms. The average Bonchev–Trinajstić information content (AvgIpc) is 3.62. The third-order valence-corrected chi connectivity index (χ3v) is 8.11. The summed E-state index contributed by atoms with van der Waals surface area (Å²) in [5.74, 6) is 0.641. The van der Waals surface area contributed by atoms with Gasteiger partial charge in [0, 0.05) is 28.8 Å². The van der Waals surface area contributed by atoms with E-state index in [9.17, 15) is 9.59 Å². The molecule has 190 valence electrons.